The number of pyridine rings is 1. The Labute approximate surface area is 175 Å². The van der Waals surface area contributed by atoms with E-state index in [1.54, 1.807) is 11.3 Å². The fourth-order valence-corrected chi connectivity index (χ4v) is 4.97. The summed E-state index contributed by atoms with van der Waals surface area (Å²) in [5.41, 5.74) is 3.17. The highest BCUT2D eigenvalue weighted by molar-refractivity contribution is 9.10. The van der Waals surface area contributed by atoms with Gasteiger partial charge >= 0.3 is 0 Å². The lowest BCUT2D eigenvalue weighted by atomic mass is 10.0. The van der Waals surface area contributed by atoms with Crippen LogP contribution in [0.3, 0.4) is 0 Å². The highest BCUT2D eigenvalue weighted by atomic mass is 79.9. The summed E-state index contributed by atoms with van der Waals surface area (Å²) in [6, 6.07) is 16.2. The molecule has 2 aromatic heterocycles. The zero-order chi connectivity index (χ0) is 18.3. The van der Waals surface area contributed by atoms with E-state index >= 15 is 0 Å². The van der Waals surface area contributed by atoms with Gasteiger partial charge in [0.2, 0.25) is 0 Å². The molecule has 0 radical (unpaired) electrons. The summed E-state index contributed by atoms with van der Waals surface area (Å²) in [6.45, 7) is 2.08. The first kappa shape index (κ1) is 17.9. The number of aryl methyl sites for hydroxylation is 1. The molecule has 3 nitrogen and oxygen atoms in total. The van der Waals surface area contributed by atoms with Gasteiger partial charge in [0.15, 0.2) is 5.11 Å². The third kappa shape index (κ3) is 3.27. The van der Waals surface area contributed by atoms with Crippen LogP contribution >= 0.6 is 51.1 Å². The van der Waals surface area contributed by atoms with Gasteiger partial charge < -0.3 is 10.2 Å². The molecule has 1 saturated heterocycles. The van der Waals surface area contributed by atoms with Crippen molar-refractivity contribution < 1.29 is 0 Å². The van der Waals surface area contributed by atoms with Crippen molar-refractivity contribution in [1.82, 2.24) is 10.3 Å². The predicted molar refractivity (Wildman–Crippen MR) is 116 cm³/mol. The van der Waals surface area contributed by atoms with Gasteiger partial charge in [-0.25, -0.2) is 0 Å². The molecule has 0 unspecified atom stereocenters. The summed E-state index contributed by atoms with van der Waals surface area (Å²) in [7, 11) is 0. The van der Waals surface area contributed by atoms with Crippen LogP contribution in [0.15, 0.2) is 59.2 Å². The van der Waals surface area contributed by atoms with Crippen LogP contribution in [0.4, 0.5) is 5.69 Å². The number of nitrogens with zero attached hydrogens (tertiary/aromatic N) is 2. The molecule has 132 valence electrons. The highest BCUT2D eigenvalue weighted by Crippen LogP contribution is 2.44. The van der Waals surface area contributed by atoms with E-state index in [9.17, 15) is 0 Å². The molecule has 3 aromatic rings. The fraction of sp³-hybridized carbons (Fsp3) is 0.158. The summed E-state index contributed by atoms with van der Waals surface area (Å²) >= 11 is 17.1. The van der Waals surface area contributed by atoms with E-state index in [-0.39, 0.29) is 12.1 Å². The first-order valence-electron chi connectivity index (χ1n) is 8.06. The maximum Gasteiger partial charge on any atom is 0.174 e. The number of aromatic nitrogens is 1. The molecule has 0 aliphatic carbocycles. The summed E-state index contributed by atoms with van der Waals surface area (Å²) in [6.07, 6.45) is 1.81. The molecule has 1 fully saturated rings. The third-order valence-electron chi connectivity index (χ3n) is 4.40. The van der Waals surface area contributed by atoms with Crippen molar-refractivity contribution in [2.24, 2.45) is 0 Å². The number of thiocarbonyl (C=S) groups is 1. The largest absolute Gasteiger partial charge is 0.351 e. The van der Waals surface area contributed by atoms with E-state index in [2.05, 4.69) is 62.3 Å². The number of hydrogen-bond acceptors (Lipinski definition) is 3. The van der Waals surface area contributed by atoms with E-state index in [1.165, 1.54) is 0 Å². The fourth-order valence-electron chi connectivity index (χ4n) is 3.19. The molecular weight excluding hydrogens is 450 g/mol. The van der Waals surface area contributed by atoms with Gasteiger partial charge in [0, 0.05) is 21.2 Å². The number of nitrogens with one attached hydrogen (secondary N) is 1. The summed E-state index contributed by atoms with van der Waals surface area (Å²) in [5.74, 6) is 0. The third-order valence-corrected chi connectivity index (χ3v) is 6.91. The van der Waals surface area contributed by atoms with E-state index < -0.39 is 0 Å². The zero-order valence-corrected chi connectivity index (χ0v) is 17.8. The Balaban J connectivity index is 1.83. The van der Waals surface area contributed by atoms with Crippen molar-refractivity contribution >= 4 is 61.9 Å². The zero-order valence-electron chi connectivity index (χ0n) is 13.8. The van der Waals surface area contributed by atoms with Gasteiger partial charge in [-0.15, -0.1) is 11.3 Å². The van der Waals surface area contributed by atoms with Crippen LogP contribution < -0.4 is 10.2 Å². The Hall–Kier alpha value is -1.47. The number of anilines is 1. The Morgan fingerprint density at radius 3 is 2.73 bits per heavy atom. The van der Waals surface area contributed by atoms with Crippen LogP contribution in [-0.2, 0) is 0 Å². The SMILES string of the molecule is Cc1cc(N2C(=S)N[C@@H](c3ccccn3)[C@H]2c2ccc(Cl)s2)ccc1Br. The van der Waals surface area contributed by atoms with E-state index in [1.807, 2.05) is 30.5 Å². The molecule has 2 atom stereocenters. The second kappa shape index (κ2) is 7.27. The van der Waals surface area contributed by atoms with Gasteiger partial charge in [-0.3, -0.25) is 4.98 Å². The quantitative estimate of drug-likeness (QED) is 0.478. The summed E-state index contributed by atoms with van der Waals surface area (Å²) < 4.78 is 1.85. The van der Waals surface area contributed by atoms with Gasteiger partial charge in [-0.1, -0.05) is 33.6 Å². The molecule has 7 heteroatoms. The first-order chi connectivity index (χ1) is 12.5. The molecule has 0 bridgehead atoms. The maximum absolute atomic E-state index is 6.23. The van der Waals surface area contributed by atoms with E-state index in [0.717, 1.165) is 30.6 Å². The van der Waals surface area contributed by atoms with Crippen molar-refractivity contribution in [3.05, 3.63) is 79.7 Å². The Kier molecular flexibility index (Phi) is 5.01. The Morgan fingerprint density at radius 2 is 2.08 bits per heavy atom. The minimum Gasteiger partial charge on any atom is -0.351 e. The average Bonchev–Trinajstić information content (AvgIpc) is 3.21. The topological polar surface area (TPSA) is 28.2 Å². The van der Waals surface area contributed by atoms with Crippen molar-refractivity contribution in [2.75, 3.05) is 4.90 Å². The Bertz CT molecular complexity index is 960. The monoisotopic (exact) mass is 463 g/mol. The number of thiophene rings is 1. The molecule has 4 rings (SSSR count). The number of benzene rings is 1. The minimum atomic E-state index is -0.0395. The van der Waals surface area contributed by atoms with Crippen LogP contribution in [0.5, 0.6) is 0 Å². The number of halogens is 2. The van der Waals surface area contributed by atoms with Gasteiger partial charge in [0.25, 0.3) is 0 Å². The van der Waals surface area contributed by atoms with Gasteiger partial charge in [-0.2, -0.15) is 0 Å². The lowest BCUT2D eigenvalue weighted by Crippen LogP contribution is -2.29. The van der Waals surface area contributed by atoms with Crippen molar-refractivity contribution in [2.45, 2.75) is 19.0 Å². The minimum absolute atomic E-state index is 0.00419. The molecule has 1 aliphatic rings. The second-order valence-electron chi connectivity index (χ2n) is 6.07. The smallest absolute Gasteiger partial charge is 0.174 e. The molecule has 0 saturated carbocycles. The van der Waals surface area contributed by atoms with E-state index in [4.69, 9.17) is 23.8 Å². The van der Waals surface area contributed by atoms with Crippen molar-refractivity contribution in [1.29, 1.82) is 0 Å². The second-order valence-corrected chi connectivity index (χ2v) is 9.06. The molecule has 1 aliphatic heterocycles. The van der Waals surface area contributed by atoms with Crippen LogP contribution in [0.2, 0.25) is 4.34 Å². The van der Waals surface area contributed by atoms with Crippen LogP contribution in [-0.4, -0.2) is 10.1 Å². The van der Waals surface area contributed by atoms with Crippen molar-refractivity contribution in [3.8, 4) is 0 Å². The van der Waals surface area contributed by atoms with E-state index in [0.29, 0.717) is 5.11 Å². The Morgan fingerprint density at radius 1 is 1.23 bits per heavy atom. The normalized spacial score (nSPS) is 19.7. The van der Waals surface area contributed by atoms with Crippen molar-refractivity contribution in [3.63, 3.8) is 0 Å². The van der Waals surface area contributed by atoms with Crippen LogP contribution in [0.1, 0.15) is 28.2 Å². The lowest BCUT2D eigenvalue weighted by Gasteiger charge is -2.27. The predicted octanol–water partition coefficient (Wildman–Crippen LogP) is 6.04. The molecule has 26 heavy (non-hydrogen) atoms. The molecular formula is C19H15BrClN3S2. The number of rotatable bonds is 3. The summed E-state index contributed by atoms with van der Waals surface area (Å²) in [4.78, 5) is 7.87. The summed E-state index contributed by atoms with van der Waals surface area (Å²) in [5, 5.41) is 4.15. The van der Waals surface area contributed by atoms with Crippen LogP contribution in [0, 0.1) is 6.92 Å². The lowest BCUT2D eigenvalue weighted by molar-refractivity contribution is 0.575. The first-order valence-corrected chi connectivity index (χ1v) is 10.5. The molecule has 3 heterocycles. The van der Waals surface area contributed by atoms with Gasteiger partial charge in [-0.05, 0) is 67.2 Å². The molecule has 1 aromatic carbocycles. The highest BCUT2D eigenvalue weighted by Gasteiger charge is 2.41. The van der Waals surface area contributed by atoms with Gasteiger partial charge in [0.05, 0.1) is 22.1 Å². The van der Waals surface area contributed by atoms with Crippen LogP contribution in [0.25, 0.3) is 0 Å². The molecule has 0 spiro atoms. The molecule has 0 amide bonds. The average molecular weight is 465 g/mol. The standard InChI is InChI=1S/C19H15BrClN3S2/c1-11-10-12(5-6-13(11)20)24-18(15-7-8-16(21)26-15)17(23-19(24)25)14-4-2-3-9-22-14/h2-10,17-18H,1H3,(H,23,25)/t17-,18+/m0/s1. The number of hydrogen-bond donors (Lipinski definition) is 1. The maximum atomic E-state index is 6.23. The molecule has 1 N–H and O–H groups in total. The van der Waals surface area contributed by atoms with Gasteiger partial charge in [0.1, 0.15) is 0 Å².